The number of aromatic nitrogens is 1. The molecule has 0 aliphatic carbocycles. The first-order valence-corrected chi connectivity index (χ1v) is 4.58. The second-order valence-electron chi connectivity index (χ2n) is 3.22. The van der Waals surface area contributed by atoms with Crippen molar-refractivity contribution in [2.45, 2.75) is 19.9 Å². The monoisotopic (exact) mass is 179 g/mol. The molecule has 0 aliphatic heterocycles. The highest BCUT2D eigenvalue weighted by molar-refractivity contribution is 5.47. The van der Waals surface area contributed by atoms with Gasteiger partial charge < -0.3 is 10.6 Å². The van der Waals surface area contributed by atoms with Crippen LogP contribution in [0.15, 0.2) is 18.3 Å². The zero-order valence-electron chi connectivity index (χ0n) is 8.49. The Morgan fingerprint density at radius 3 is 2.85 bits per heavy atom. The Labute approximate surface area is 79.6 Å². The molecule has 72 valence electrons. The lowest BCUT2D eigenvalue weighted by Crippen LogP contribution is -2.21. The highest BCUT2D eigenvalue weighted by Crippen LogP contribution is 2.20. The molecular formula is C10H17N3. The Morgan fingerprint density at radius 1 is 1.62 bits per heavy atom. The van der Waals surface area contributed by atoms with Gasteiger partial charge in [-0.2, -0.15) is 0 Å². The summed E-state index contributed by atoms with van der Waals surface area (Å²) < 4.78 is 0. The van der Waals surface area contributed by atoms with Gasteiger partial charge >= 0.3 is 0 Å². The maximum absolute atomic E-state index is 5.84. The molecule has 0 spiro atoms. The molecule has 3 nitrogen and oxygen atoms in total. The summed E-state index contributed by atoms with van der Waals surface area (Å²) in [5.41, 5.74) is 6.94. The van der Waals surface area contributed by atoms with Gasteiger partial charge in [0.25, 0.3) is 0 Å². The van der Waals surface area contributed by atoms with Crippen molar-refractivity contribution in [1.29, 1.82) is 0 Å². The predicted molar refractivity (Wildman–Crippen MR) is 55.8 cm³/mol. The topological polar surface area (TPSA) is 42.2 Å². The summed E-state index contributed by atoms with van der Waals surface area (Å²) >= 11 is 0. The van der Waals surface area contributed by atoms with Crippen molar-refractivity contribution in [2.24, 2.45) is 5.73 Å². The molecule has 1 aromatic heterocycles. The number of nitrogens with two attached hydrogens (primary N) is 1. The summed E-state index contributed by atoms with van der Waals surface area (Å²) in [5.74, 6) is 0.986. The smallest absolute Gasteiger partial charge is 0.133 e. The average molecular weight is 179 g/mol. The fraction of sp³-hybridized carbons (Fsp3) is 0.500. The predicted octanol–water partition coefficient (Wildman–Crippen LogP) is 1.56. The van der Waals surface area contributed by atoms with Crippen LogP contribution in [0.5, 0.6) is 0 Å². The van der Waals surface area contributed by atoms with Crippen LogP contribution < -0.4 is 10.6 Å². The van der Waals surface area contributed by atoms with Crippen LogP contribution in [-0.4, -0.2) is 18.6 Å². The van der Waals surface area contributed by atoms with Gasteiger partial charge in [0.2, 0.25) is 0 Å². The van der Waals surface area contributed by atoms with Gasteiger partial charge in [-0.05, 0) is 19.9 Å². The van der Waals surface area contributed by atoms with E-state index in [1.807, 2.05) is 26.1 Å². The zero-order valence-corrected chi connectivity index (χ0v) is 8.49. The van der Waals surface area contributed by atoms with Gasteiger partial charge in [0, 0.05) is 31.4 Å². The lowest BCUT2D eigenvalue weighted by Gasteiger charge is -2.20. The molecule has 2 N–H and O–H groups in total. The molecule has 0 aromatic carbocycles. The lowest BCUT2D eigenvalue weighted by molar-refractivity contribution is 0.795. The minimum atomic E-state index is 0.0395. The van der Waals surface area contributed by atoms with Crippen LogP contribution in [0.2, 0.25) is 0 Å². The quantitative estimate of drug-likeness (QED) is 0.765. The molecule has 1 aromatic rings. The molecule has 0 unspecified atom stereocenters. The molecule has 0 amide bonds. The van der Waals surface area contributed by atoms with Gasteiger partial charge in [-0.25, -0.2) is 4.98 Å². The van der Waals surface area contributed by atoms with Crippen LogP contribution >= 0.6 is 0 Å². The van der Waals surface area contributed by atoms with Crippen LogP contribution in [0.4, 0.5) is 5.82 Å². The van der Waals surface area contributed by atoms with Gasteiger partial charge in [-0.15, -0.1) is 0 Å². The molecule has 3 heteroatoms. The van der Waals surface area contributed by atoms with E-state index in [1.54, 1.807) is 6.20 Å². The van der Waals surface area contributed by atoms with E-state index < -0.39 is 0 Å². The van der Waals surface area contributed by atoms with Gasteiger partial charge in [0.1, 0.15) is 5.82 Å². The molecule has 0 saturated heterocycles. The molecule has 0 bridgehead atoms. The van der Waals surface area contributed by atoms with Gasteiger partial charge in [-0.3, -0.25) is 0 Å². The normalized spacial score (nSPS) is 12.6. The highest BCUT2D eigenvalue weighted by atomic mass is 15.2. The number of rotatable bonds is 3. The van der Waals surface area contributed by atoms with E-state index in [9.17, 15) is 0 Å². The van der Waals surface area contributed by atoms with Crippen molar-refractivity contribution in [3.8, 4) is 0 Å². The Bertz CT molecular complexity index is 271. The van der Waals surface area contributed by atoms with Crippen LogP contribution in [0.1, 0.15) is 25.5 Å². The standard InChI is InChI=1S/C10H17N3/c1-4-13(3)10-9(8(2)11)6-5-7-12-10/h5-8H,4,11H2,1-3H3/t8-/m1/s1. The van der Waals surface area contributed by atoms with Crippen molar-refractivity contribution in [1.82, 2.24) is 4.98 Å². The second-order valence-corrected chi connectivity index (χ2v) is 3.22. The first-order valence-electron chi connectivity index (χ1n) is 4.58. The van der Waals surface area contributed by atoms with E-state index in [-0.39, 0.29) is 6.04 Å². The van der Waals surface area contributed by atoms with E-state index in [1.165, 1.54) is 0 Å². The summed E-state index contributed by atoms with van der Waals surface area (Å²) in [4.78, 5) is 6.41. The van der Waals surface area contributed by atoms with Gasteiger partial charge in [0.15, 0.2) is 0 Å². The third kappa shape index (κ3) is 2.18. The summed E-state index contributed by atoms with van der Waals surface area (Å²) in [5, 5.41) is 0. The van der Waals surface area contributed by atoms with Crippen LogP contribution in [-0.2, 0) is 0 Å². The van der Waals surface area contributed by atoms with Crippen LogP contribution in [0, 0.1) is 0 Å². The highest BCUT2D eigenvalue weighted by Gasteiger charge is 2.09. The van der Waals surface area contributed by atoms with Crippen molar-refractivity contribution in [2.75, 3.05) is 18.5 Å². The third-order valence-corrected chi connectivity index (χ3v) is 2.14. The molecule has 1 rings (SSSR count). The van der Waals surface area contributed by atoms with Gasteiger partial charge in [-0.1, -0.05) is 6.07 Å². The molecule has 0 radical (unpaired) electrons. The fourth-order valence-corrected chi connectivity index (χ4v) is 1.23. The molecule has 13 heavy (non-hydrogen) atoms. The Balaban J connectivity index is 3.04. The number of hydrogen-bond donors (Lipinski definition) is 1. The summed E-state index contributed by atoms with van der Waals surface area (Å²) in [6, 6.07) is 3.99. The fourth-order valence-electron chi connectivity index (χ4n) is 1.23. The van der Waals surface area contributed by atoms with Crippen molar-refractivity contribution < 1.29 is 0 Å². The summed E-state index contributed by atoms with van der Waals surface area (Å²) in [7, 11) is 2.02. The Hall–Kier alpha value is -1.09. The minimum Gasteiger partial charge on any atom is -0.360 e. The zero-order chi connectivity index (χ0) is 9.84. The van der Waals surface area contributed by atoms with Crippen LogP contribution in [0.25, 0.3) is 0 Å². The summed E-state index contributed by atoms with van der Waals surface area (Å²) in [6.45, 7) is 5.01. The number of nitrogens with zero attached hydrogens (tertiary/aromatic N) is 2. The van der Waals surface area contributed by atoms with E-state index in [2.05, 4.69) is 16.8 Å². The number of pyridine rings is 1. The molecule has 0 aliphatic rings. The van der Waals surface area contributed by atoms with Crippen molar-refractivity contribution >= 4 is 5.82 Å². The maximum atomic E-state index is 5.84. The molecule has 0 fully saturated rings. The van der Waals surface area contributed by atoms with Gasteiger partial charge in [0.05, 0.1) is 0 Å². The first-order chi connectivity index (χ1) is 6.16. The molecular weight excluding hydrogens is 162 g/mol. The minimum absolute atomic E-state index is 0.0395. The lowest BCUT2D eigenvalue weighted by atomic mass is 10.1. The van der Waals surface area contributed by atoms with Crippen LogP contribution in [0.3, 0.4) is 0 Å². The van der Waals surface area contributed by atoms with E-state index >= 15 is 0 Å². The molecule has 0 saturated carbocycles. The van der Waals surface area contributed by atoms with E-state index in [0.29, 0.717) is 0 Å². The maximum Gasteiger partial charge on any atom is 0.133 e. The largest absolute Gasteiger partial charge is 0.360 e. The molecule has 1 atom stereocenters. The SMILES string of the molecule is CCN(C)c1ncccc1[C@@H](C)N. The number of anilines is 1. The first kappa shape index (κ1) is 9.99. The summed E-state index contributed by atoms with van der Waals surface area (Å²) in [6.07, 6.45) is 1.80. The Morgan fingerprint density at radius 2 is 2.31 bits per heavy atom. The van der Waals surface area contributed by atoms with E-state index in [0.717, 1.165) is 17.9 Å². The Kier molecular flexibility index (Phi) is 3.25. The number of hydrogen-bond acceptors (Lipinski definition) is 3. The average Bonchev–Trinajstić information content (AvgIpc) is 2.16. The molecule has 1 heterocycles. The van der Waals surface area contributed by atoms with Crippen molar-refractivity contribution in [3.05, 3.63) is 23.9 Å². The van der Waals surface area contributed by atoms with E-state index in [4.69, 9.17) is 5.73 Å². The second kappa shape index (κ2) is 4.23. The van der Waals surface area contributed by atoms with Crippen molar-refractivity contribution in [3.63, 3.8) is 0 Å². The third-order valence-electron chi connectivity index (χ3n) is 2.14.